The van der Waals surface area contributed by atoms with Crippen molar-refractivity contribution in [2.24, 2.45) is 5.92 Å². The van der Waals surface area contributed by atoms with Gasteiger partial charge in [-0.05, 0) is 0 Å². The lowest BCUT2D eigenvalue weighted by molar-refractivity contribution is -0.130. The fourth-order valence-corrected chi connectivity index (χ4v) is 2.03. The Morgan fingerprint density at radius 1 is 1.44 bits per heavy atom. The Balaban J connectivity index is 1.98. The molecule has 2 rings (SSSR count). The summed E-state index contributed by atoms with van der Waals surface area (Å²) in [5.41, 5.74) is 0. The zero-order chi connectivity index (χ0) is 11.7. The van der Waals surface area contributed by atoms with E-state index < -0.39 is 36.2 Å². The van der Waals surface area contributed by atoms with Crippen molar-refractivity contribution in [1.82, 2.24) is 10.6 Å². The lowest BCUT2D eigenvalue weighted by Gasteiger charge is -2.26. The summed E-state index contributed by atoms with van der Waals surface area (Å²) in [5, 5.41) is 23.1. The molecule has 90 valence electrons. The smallest absolute Gasteiger partial charge is 0.321 e. The second-order valence-corrected chi connectivity index (χ2v) is 4.00. The number of imide groups is 1. The highest BCUT2D eigenvalue weighted by Crippen LogP contribution is 2.26. The van der Waals surface area contributed by atoms with Crippen molar-refractivity contribution in [2.45, 2.75) is 24.7 Å². The number of hydrogen-bond acceptors (Lipinski definition) is 5. The number of carbonyl (C=O) groups excluding carboxylic acids is 2. The van der Waals surface area contributed by atoms with E-state index in [0.29, 0.717) is 6.42 Å². The number of urea groups is 1. The largest absolute Gasteiger partial charge is 0.394 e. The monoisotopic (exact) mass is 230 g/mol. The summed E-state index contributed by atoms with van der Waals surface area (Å²) < 4.78 is 5.36. The Morgan fingerprint density at radius 2 is 2.19 bits per heavy atom. The molecule has 3 amide bonds. The van der Waals surface area contributed by atoms with Crippen LogP contribution in [0.5, 0.6) is 0 Å². The minimum atomic E-state index is -0.763. The molecule has 7 heteroatoms. The van der Waals surface area contributed by atoms with E-state index in [0.717, 1.165) is 0 Å². The molecule has 4 N–H and O–H groups in total. The van der Waals surface area contributed by atoms with Crippen LogP contribution in [0.3, 0.4) is 0 Å². The molecule has 4 atom stereocenters. The lowest BCUT2D eigenvalue weighted by atomic mass is 9.96. The zero-order valence-electron chi connectivity index (χ0n) is 8.55. The highest BCUT2D eigenvalue weighted by molar-refractivity contribution is 5.98. The van der Waals surface area contributed by atoms with Gasteiger partial charge in [-0.3, -0.25) is 10.1 Å². The molecule has 0 spiro atoms. The molecule has 2 saturated heterocycles. The normalized spacial score (nSPS) is 39.4. The van der Waals surface area contributed by atoms with Gasteiger partial charge in [0.25, 0.3) is 0 Å². The van der Waals surface area contributed by atoms with E-state index in [-0.39, 0.29) is 13.2 Å². The van der Waals surface area contributed by atoms with Gasteiger partial charge in [-0.1, -0.05) is 0 Å². The van der Waals surface area contributed by atoms with Crippen molar-refractivity contribution in [3.8, 4) is 0 Å². The third-order valence-electron chi connectivity index (χ3n) is 2.94. The summed E-state index contributed by atoms with van der Waals surface area (Å²) in [4.78, 5) is 22.3. The first-order valence-corrected chi connectivity index (χ1v) is 5.15. The molecule has 2 heterocycles. The first-order chi connectivity index (χ1) is 7.61. The van der Waals surface area contributed by atoms with Crippen molar-refractivity contribution in [3.63, 3.8) is 0 Å². The molecule has 0 radical (unpaired) electrons. The van der Waals surface area contributed by atoms with Crippen molar-refractivity contribution >= 4 is 11.9 Å². The topological polar surface area (TPSA) is 108 Å². The number of ether oxygens (including phenoxy) is 1. The van der Waals surface area contributed by atoms with Gasteiger partial charge in [-0.15, -0.1) is 0 Å². The molecule has 0 aromatic rings. The fourth-order valence-electron chi connectivity index (χ4n) is 2.03. The molecule has 4 unspecified atom stereocenters. The molecule has 0 aromatic carbocycles. The van der Waals surface area contributed by atoms with Crippen LogP contribution in [0.2, 0.25) is 0 Å². The van der Waals surface area contributed by atoms with E-state index in [9.17, 15) is 14.7 Å². The Labute approximate surface area is 91.8 Å². The standard InChI is InChI=1S/C9H14N2O5/c12-3-7-5(13)1-6(16-7)4-2-10-9(15)11-8(4)14/h4-7,12-13H,1-3H2,(H2,10,11,14,15). The van der Waals surface area contributed by atoms with Gasteiger partial charge in [0.2, 0.25) is 5.91 Å². The van der Waals surface area contributed by atoms with E-state index >= 15 is 0 Å². The summed E-state index contributed by atoms with van der Waals surface area (Å²) in [5.74, 6) is -0.913. The minimum absolute atomic E-state index is 0.195. The second-order valence-electron chi connectivity index (χ2n) is 4.00. The van der Waals surface area contributed by atoms with Crippen molar-refractivity contribution in [3.05, 3.63) is 0 Å². The third-order valence-corrected chi connectivity index (χ3v) is 2.94. The van der Waals surface area contributed by atoms with Crippen LogP contribution in [0.15, 0.2) is 0 Å². The van der Waals surface area contributed by atoms with Gasteiger partial charge in [-0.2, -0.15) is 0 Å². The van der Waals surface area contributed by atoms with E-state index in [1.54, 1.807) is 0 Å². The van der Waals surface area contributed by atoms with E-state index in [1.165, 1.54) is 0 Å². The maximum atomic E-state index is 11.5. The number of rotatable bonds is 2. The van der Waals surface area contributed by atoms with Gasteiger partial charge in [0, 0.05) is 13.0 Å². The number of hydrogen-bond donors (Lipinski definition) is 4. The molecular weight excluding hydrogens is 216 g/mol. The number of amides is 3. The summed E-state index contributed by atoms with van der Waals surface area (Å²) in [6, 6.07) is -0.515. The minimum Gasteiger partial charge on any atom is -0.394 e. The number of carbonyl (C=O) groups is 2. The molecule has 2 fully saturated rings. The van der Waals surface area contributed by atoms with Gasteiger partial charge in [0.05, 0.1) is 24.7 Å². The van der Waals surface area contributed by atoms with E-state index in [1.807, 2.05) is 0 Å². The predicted molar refractivity (Wildman–Crippen MR) is 51.4 cm³/mol. The summed E-state index contributed by atoms with van der Waals surface area (Å²) in [6.45, 7) is -0.0848. The summed E-state index contributed by atoms with van der Waals surface area (Å²) in [6.07, 6.45) is -1.58. The highest BCUT2D eigenvalue weighted by Gasteiger charge is 2.42. The van der Waals surface area contributed by atoms with Crippen LogP contribution in [0, 0.1) is 5.92 Å². The Kier molecular flexibility index (Phi) is 3.08. The van der Waals surface area contributed by atoms with Gasteiger partial charge in [0.15, 0.2) is 0 Å². The van der Waals surface area contributed by atoms with E-state index in [4.69, 9.17) is 9.84 Å². The van der Waals surface area contributed by atoms with Crippen LogP contribution in [-0.2, 0) is 9.53 Å². The summed E-state index contributed by atoms with van der Waals surface area (Å²) >= 11 is 0. The number of aliphatic hydroxyl groups excluding tert-OH is 2. The molecule has 2 aliphatic rings. The SMILES string of the molecule is O=C1NCC(C2CC(O)C(CO)O2)C(=O)N1. The van der Waals surface area contributed by atoms with Crippen molar-refractivity contribution in [1.29, 1.82) is 0 Å². The first kappa shape index (κ1) is 11.3. The third kappa shape index (κ3) is 2.01. The molecule has 0 saturated carbocycles. The van der Waals surface area contributed by atoms with Crippen LogP contribution in [0.4, 0.5) is 4.79 Å². The maximum absolute atomic E-state index is 11.5. The van der Waals surface area contributed by atoms with Gasteiger partial charge < -0.3 is 20.3 Å². The van der Waals surface area contributed by atoms with Crippen LogP contribution in [-0.4, -0.2) is 53.6 Å². The Morgan fingerprint density at radius 3 is 2.75 bits per heavy atom. The molecule has 2 aliphatic heterocycles. The number of aliphatic hydroxyl groups is 2. The maximum Gasteiger partial charge on any atom is 0.321 e. The second kappa shape index (κ2) is 4.36. The van der Waals surface area contributed by atoms with Crippen LogP contribution >= 0.6 is 0 Å². The molecule has 0 aliphatic carbocycles. The van der Waals surface area contributed by atoms with Gasteiger partial charge >= 0.3 is 6.03 Å². The zero-order valence-corrected chi connectivity index (χ0v) is 8.55. The fraction of sp³-hybridized carbons (Fsp3) is 0.778. The van der Waals surface area contributed by atoms with Gasteiger partial charge in [0.1, 0.15) is 6.10 Å². The molecule has 0 bridgehead atoms. The van der Waals surface area contributed by atoms with Crippen LogP contribution in [0.1, 0.15) is 6.42 Å². The molecule has 16 heavy (non-hydrogen) atoms. The average Bonchev–Trinajstić information content (AvgIpc) is 2.59. The molecule has 7 nitrogen and oxygen atoms in total. The van der Waals surface area contributed by atoms with Crippen LogP contribution in [0.25, 0.3) is 0 Å². The van der Waals surface area contributed by atoms with Crippen molar-refractivity contribution < 1.29 is 24.5 Å². The molecule has 0 aromatic heterocycles. The number of nitrogens with one attached hydrogen (secondary N) is 2. The Hall–Kier alpha value is -1.18. The average molecular weight is 230 g/mol. The quantitative estimate of drug-likeness (QED) is 0.437. The summed E-state index contributed by atoms with van der Waals surface area (Å²) in [7, 11) is 0. The van der Waals surface area contributed by atoms with Crippen molar-refractivity contribution in [2.75, 3.05) is 13.2 Å². The van der Waals surface area contributed by atoms with E-state index in [2.05, 4.69) is 10.6 Å². The molecular formula is C9H14N2O5. The first-order valence-electron chi connectivity index (χ1n) is 5.15. The lowest BCUT2D eigenvalue weighted by Crippen LogP contribution is -2.55. The van der Waals surface area contributed by atoms with Crippen LogP contribution < -0.4 is 10.6 Å². The highest BCUT2D eigenvalue weighted by atomic mass is 16.5. The van der Waals surface area contributed by atoms with Gasteiger partial charge in [-0.25, -0.2) is 4.79 Å². The predicted octanol–water partition coefficient (Wildman–Crippen LogP) is -2.05. The Bertz CT molecular complexity index is 308.